The predicted molar refractivity (Wildman–Crippen MR) is 75.1 cm³/mol. The van der Waals surface area contributed by atoms with Gasteiger partial charge in [0.05, 0.1) is 12.2 Å². The third-order valence-corrected chi connectivity index (χ3v) is 5.88. The number of aliphatic hydroxyl groups is 2. The van der Waals surface area contributed by atoms with Gasteiger partial charge in [0.15, 0.2) is 0 Å². The van der Waals surface area contributed by atoms with Crippen molar-refractivity contribution >= 4 is 6.03 Å². The molecule has 20 heavy (non-hydrogen) atoms. The summed E-state index contributed by atoms with van der Waals surface area (Å²) in [6.07, 6.45) is 3.02. The first-order valence-electron chi connectivity index (χ1n) is 7.85. The molecular weight excluding hydrogens is 256 g/mol. The topological polar surface area (TPSA) is 81.6 Å². The van der Waals surface area contributed by atoms with Crippen LogP contribution in [0.1, 0.15) is 46.0 Å². The lowest BCUT2D eigenvalue weighted by atomic mass is 9.90. The quantitative estimate of drug-likeness (QED) is 0.623. The number of hydrogen-bond acceptors (Lipinski definition) is 3. The first-order chi connectivity index (χ1) is 9.42. The fourth-order valence-corrected chi connectivity index (χ4v) is 4.44. The summed E-state index contributed by atoms with van der Waals surface area (Å²) in [5.74, 6) is 1.34. The minimum atomic E-state index is -0.705. The lowest BCUT2D eigenvalue weighted by Gasteiger charge is -2.18. The number of nitrogens with one attached hydrogen (secondary N) is 2. The Bertz CT molecular complexity index is 391. The molecule has 5 heteroatoms. The highest BCUT2D eigenvalue weighted by Crippen LogP contribution is 2.67. The molecule has 0 heterocycles. The fourth-order valence-electron chi connectivity index (χ4n) is 4.44. The van der Waals surface area contributed by atoms with Crippen molar-refractivity contribution in [3.8, 4) is 0 Å². The van der Waals surface area contributed by atoms with Crippen LogP contribution in [0.2, 0.25) is 0 Å². The van der Waals surface area contributed by atoms with Gasteiger partial charge in [0.25, 0.3) is 0 Å². The van der Waals surface area contributed by atoms with Crippen LogP contribution in [-0.4, -0.2) is 40.5 Å². The summed E-state index contributed by atoms with van der Waals surface area (Å²) >= 11 is 0. The van der Waals surface area contributed by atoms with Gasteiger partial charge in [0, 0.05) is 12.1 Å². The van der Waals surface area contributed by atoms with Crippen molar-refractivity contribution in [3.05, 3.63) is 0 Å². The summed E-state index contributed by atoms with van der Waals surface area (Å²) in [6, 6.07) is 0.0388. The number of fused-ring (bicyclic) bond motifs is 1. The van der Waals surface area contributed by atoms with Crippen LogP contribution in [0.3, 0.4) is 0 Å². The van der Waals surface area contributed by atoms with E-state index >= 15 is 0 Å². The number of amides is 2. The highest BCUT2D eigenvalue weighted by Gasteiger charge is 2.63. The molecule has 0 aromatic heterocycles. The normalized spacial score (nSPS) is 46.4. The molecule has 0 saturated heterocycles. The minimum absolute atomic E-state index is 0.115. The standard InChI is InChI=1S/C15H26N2O3/c1-8(2)15-4-3-11(10(15)7-15)17-14(20)16-9-5-12(18)13(19)6-9/h8-13,18-19H,3-7H2,1-2H3,(H2,16,17,20)/t9?,10-,11-,12-,13+,15-/m0/s1. The molecule has 114 valence electrons. The number of urea groups is 1. The van der Waals surface area contributed by atoms with Gasteiger partial charge < -0.3 is 20.8 Å². The number of hydrogen-bond donors (Lipinski definition) is 4. The summed E-state index contributed by atoms with van der Waals surface area (Å²) in [4.78, 5) is 12.0. The molecule has 3 aliphatic carbocycles. The molecule has 1 unspecified atom stereocenters. The van der Waals surface area contributed by atoms with E-state index in [1.54, 1.807) is 0 Å². The Morgan fingerprint density at radius 1 is 1.20 bits per heavy atom. The maximum atomic E-state index is 12.0. The van der Waals surface area contributed by atoms with E-state index in [9.17, 15) is 15.0 Å². The maximum Gasteiger partial charge on any atom is 0.315 e. The van der Waals surface area contributed by atoms with E-state index < -0.39 is 12.2 Å². The van der Waals surface area contributed by atoms with Gasteiger partial charge in [-0.1, -0.05) is 13.8 Å². The minimum Gasteiger partial charge on any atom is -0.390 e. The lowest BCUT2D eigenvalue weighted by molar-refractivity contribution is 0.0438. The van der Waals surface area contributed by atoms with Crippen molar-refractivity contribution < 1.29 is 15.0 Å². The molecule has 3 fully saturated rings. The average molecular weight is 282 g/mol. The highest BCUT2D eigenvalue weighted by atomic mass is 16.3. The monoisotopic (exact) mass is 282 g/mol. The number of carbonyl (C=O) groups excluding carboxylic acids is 1. The van der Waals surface area contributed by atoms with E-state index in [1.165, 1.54) is 12.8 Å². The third-order valence-electron chi connectivity index (χ3n) is 5.88. The van der Waals surface area contributed by atoms with E-state index in [1.807, 2.05) is 0 Å². The molecule has 0 radical (unpaired) electrons. The maximum absolute atomic E-state index is 12.0. The number of aliphatic hydroxyl groups excluding tert-OH is 2. The van der Waals surface area contributed by atoms with Gasteiger partial charge in [-0.2, -0.15) is 0 Å². The van der Waals surface area contributed by atoms with Crippen LogP contribution < -0.4 is 10.6 Å². The molecule has 3 aliphatic rings. The van der Waals surface area contributed by atoms with E-state index in [0.717, 1.165) is 6.42 Å². The molecule has 5 nitrogen and oxygen atoms in total. The van der Waals surface area contributed by atoms with Crippen molar-refractivity contribution in [1.82, 2.24) is 10.6 Å². The SMILES string of the molecule is CC(C)[C@@]12CC[C@H](NC(=O)NC3C[C@@H](O)[C@@H](O)C3)[C@@H]1C2. The predicted octanol–water partition coefficient (Wildman–Crippen LogP) is 0.994. The molecule has 0 aromatic rings. The Labute approximate surface area is 120 Å². The molecule has 0 spiro atoms. The first-order valence-corrected chi connectivity index (χ1v) is 7.85. The average Bonchev–Trinajstić information content (AvgIpc) is 2.90. The van der Waals surface area contributed by atoms with Crippen molar-refractivity contribution in [2.45, 2.75) is 70.2 Å². The fraction of sp³-hybridized carbons (Fsp3) is 0.933. The summed E-state index contributed by atoms with van der Waals surface area (Å²) in [7, 11) is 0. The van der Waals surface area contributed by atoms with Gasteiger partial charge >= 0.3 is 6.03 Å². The summed E-state index contributed by atoms with van der Waals surface area (Å²) in [5.41, 5.74) is 0.484. The third kappa shape index (κ3) is 2.31. The largest absolute Gasteiger partial charge is 0.390 e. The van der Waals surface area contributed by atoms with Gasteiger partial charge in [0.2, 0.25) is 0 Å². The number of carbonyl (C=O) groups is 1. The summed E-state index contributed by atoms with van der Waals surface area (Å²) in [6.45, 7) is 4.56. The first kappa shape index (κ1) is 14.1. The van der Waals surface area contributed by atoms with Crippen molar-refractivity contribution in [1.29, 1.82) is 0 Å². The van der Waals surface area contributed by atoms with Crippen molar-refractivity contribution in [2.75, 3.05) is 0 Å². The van der Waals surface area contributed by atoms with E-state index in [4.69, 9.17) is 0 Å². The van der Waals surface area contributed by atoms with Crippen LogP contribution in [0.15, 0.2) is 0 Å². The van der Waals surface area contributed by atoms with E-state index in [2.05, 4.69) is 24.5 Å². The zero-order valence-electron chi connectivity index (χ0n) is 12.3. The second-order valence-corrected chi connectivity index (χ2v) is 7.26. The number of rotatable bonds is 3. The molecule has 0 aliphatic heterocycles. The van der Waals surface area contributed by atoms with E-state index in [0.29, 0.717) is 36.1 Å². The van der Waals surface area contributed by atoms with Gasteiger partial charge in [0.1, 0.15) is 0 Å². The van der Waals surface area contributed by atoms with Crippen molar-refractivity contribution in [3.63, 3.8) is 0 Å². The molecule has 2 amide bonds. The highest BCUT2D eigenvalue weighted by molar-refractivity contribution is 5.74. The molecule has 0 bridgehead atoms. The molecule has 4 N–H and O–H groups in total. The van der Waals surface area contributed by atoms with Crippen LogP contribution >= 0.6 is 0 Å². The molecule has 0 aromatic carbocycles. The van der Waals surface area contributed by atoms with Crippen molar-refractivity contribution in [2.24, 2.45) is 17.3 Å². The second kappa shape index (κ2) is 4.88. The Kier molecular flexibility index (Phi) is 3.45. The van der Waals surface area contributed by atoms with Gasteiger partial charge in [-0.15, -0.1) is 0 Å². The van der Waals surface area contributed by atoms with Gasteiger partial charge in [-0.3, -0.25) is 0 Å². The zero-order valence-corrected chi connectivity index (χ0v) is 12.3. The Morgan fingerprint density at radius 2 is 1.85 bits per heavy atom. The molecule has 3 rings (SSSR count). The zero-order chi connectivity index (χ0) is 14.5. The van der Waals surface area contributed by atoms with E-state index in [-0.39, 0.29) is 12.1 Å². The Hall–Kier alpha value is -0.810. The van der Waals surface area contributed by atoms with Crippen LogP contribution in [0.25, 0.3) is 0 Å². The van der Waals surface area contributed by atoms with Crippen LogP contribution in [0.5, 0.6) is 0 Å². The lowest BCUT2D eigenvalue weighted by Crippen LogP contribution is -2.46. The van der Waals surface area contributed by atoms with Gasteiger partial charge in [-0.05, 0) is 49.4 Å². The van der Waals surface area contributed by atoms with Crippen LogP contribution in [0, 0.1) is 17.3 Å². The summed E-state index contributed by atoms with van der Waals surface area (Å²) < 4.78 is 0. The summed E-state index contributed by atoms with van der Waals surface area (Å²) in [5, 5.41) is 24.9. The van der Waals surface area contributed by atoms with Gasteiger partial charge in [-0.25, -0.2) is 4.79 Å². The molecule has 3 saturated carbocycles. The molecule has 6 atom stereocenters. The Morgan fingerprint density at radius 3 is 2.35 bits per heavy atom. The Balaban J connectivity index is 1.47. The van der Waals surface area contributed by atoms with Crippen LogP contribution in [-0.2, 0) is 0 Å². The molecular formula is C15H26N2O3. The van der Waals surface area contributed by atoms with Crippen LogP contribution in [0.4, 0.5) is 4.79 Å². The smallest absolute Gasteiger partial charge is 0.315 e. The second-order valence-electron chi connectivity index (χ2n) is 7.26.